The van der Waals surface area contributed by atoms with Gasteiger partial charge < -0.3 is 9.47 Å². The summed E-state index contributed by atoms with van der Waals surface area (Å²) in [6, 6.07) is 11.9. The number of thiazole rings is 1. The highest BCUT2D eigenvalue weighted by atomic mass is 32.1. The van der Waals surface area contributed by atoms with Gasteiger partial charge in [-0.3, -0.25) is 23.3 Å². The molecular formula is C30H30N4O6S. The predicted octanol–water partition coefficient (Wildman–Crippen LogP) is 2.09. The second-order valence-corrected chi connectivity index (χ2v) is 11.2. The number of nitrogens with zero attached hydrogens (tertiary/aromatic N) is 4. The van der Waals surface area contributed by atoms with E-state index in [-0.39, 0.29) is 35.3 Å². The molecule has 11 heteroatoms. The Labute approximate surface area is 239 Å². The van der Waals surface area contributed by atoms with Crippen LogP contribution in [0.25, 0.3) is 17.1 Å². The number of fused-ring (bicyclic) bond motifs is 2. The number of hydrogen-bond donors (Lipinski definition) is 0. The Morgan fingerprint density at radius 2 is 1.73 bits per heavy atom. The van der Waals surface area contributed by atoms with Crippen LogP contribution >= 0.6 is 11.3 Å². The zero-order valence-corrected chi connectivity index (χ0v) is 24.4. The summed E-state index contributed by atoms with van der Waals surface area (Å²) < 4.78 is 15.4. The predicted molar refractivity (Wildman–Crippen MR) is 155 cm³/mol. The summed E-state index contributed by atoms with van der Waals surface area (Å²) in [7, 11) is 4.76. The molecule has 10 nitrogen and oxygen atoms in total. The van der Waals surface area contributed by atoms with E-state index in [1.165, 1.54) is 23.0 Å². The minimum absolute atomic E-state index is 0.105. The number of carbonyl (C=O) groups is 2. The van der Waals surface area contributed by atoms with E-state index in [0.29, 0.717) is 20.6 Å². The van der Waals surface area contributed by atoms with Gasteiger partial charge in [0.1, 0.15) is 0 Å². The fourth-order valence-corrected chi connectivity index (χ4v) is 6.04. The normalized spacial score (nSPS) is 15.3. The van der Waals surface area contributed by atoms with Crippen molar-refractivity contribution in [3.63, 3.8) is 0 Å². The van der Waals surface area contributed by atoms with Gasteiger partial charge in [0.15, 0.2) is 4.80 Å². The summed E-state index contributed by atoms with van der Waals surface area (Å²) in [6.07, 6.45) is 1.51. The van der Waals surface area contributed by atoms with Crippen LogP contribution in [-0.2, 0) is 39.6 Å². The van der Waals surface area contributed by atoms with Gasteiger partial charge >= 0.3 is 17.6 Å². The molecule has 1 atom stereocenters. The highest BCUT2D eigenvalue weighted by Gasteiger charge is 2.33. The average Bonchev–Trinajstić information content (AvgIpc) is 3.35. The van der Waals surface area contributed by atoms with Crippen molar-refractivity contribution >= 4 is 40.4 Å². The molecule has 0 spiro atoms. The summed E-state index contributed by atoms with van der Waals surface area (Å²) in [4.78, 5) is 56.5. The van der Waals surface area contributed by atoms with Gasteiger partial charge in [-0.15, -0.1) is 0 Å². The van der Waals surface area contributed by atoms with Crippen LogP contribution in [-0.4, -0.2) is 38.9 Å². The van der Waals surface area contributed by atoms with Gasteiger partial charge in [0.2, 0.25) is 0 Å². The van der Waals surface area contributed by atoms with E-state index in [9.17, 15) is 19.2 Å². The number of rotatable bonds is 6. The molecule has 1 aliphatic rings. The number of aryl methyl sites for hydroxylation is 2. The molecular weight excluding hydrogens is 544 g/mol. The number of hydrogen-bond acceptors (Lipinski definition) is 8. The summed E-state index contributed by atoms with van der Waals surface area (Å²) in [6.45, 7) is 5.26. The second kappa shape index (κ2) is 10.8. The van der Waals surface area contributed by atoms with Crippen molar-refractivity contribution in [3.8, 4) is 0 Å². The Bertz CT molecular complexity index is 1970. The maximum Gasteiger partial charge on any atom is 0.338 e. The quantitative estimate of drug-likeness (QED) is 0.326. The van der Waals surface area contributed by atoms with Gasteiger partial charge in [-0.05, 0) is 55.7 Å². The Morgan fingerprint density at radius 1 is 1.05 bits per heavy atom. The largest absolute Gasteiger partial charge is 0.469 e. The SMILES string of the molecule is COC(=O)Cc1ccc([C@H]2C(C(=O)OC(C)C)=C(C)N=c3s/c(=C\c4ccc5c(c4)n(C)c(=O)n5C)c(=O)n32)cc1. The lowest BCUT2D eigenvalue weighted by Crippen LogP contribution is -2.40. The first-order valence-electron chi connectivity index (χ1n) is 13.0. The van der Waals surface area contributed by atoms with Gasteiger partial charge in [-0.2, -0.15) is 0 Å². The van der Waals surface area contributed by atoms with Crippen molar-refractivity contribution in [3.05, 3.63) is 101 Å². The summed E-state index contributed by atoms with van der Waals surface area (Å²) >= 11 is 1.23. The van der Waals surface area contributed by atoms with Crippen molar-refractivity contribution in [1.29, 1.82) is 0 Å². The van der Waals surface area contributed by atoms with Crippen LogP contribution < -0.4 is 20.6 Å². The number of benzene rings is 2. The molecule has 0 aliphatic carbocycles. The number of imidazole rings is 1. The molecule has 2 aromatic heterocycles. The molecule has 0 amide bonds. The van der Waals surface area contributed by atoms with Crippen LogP contribution in [0, 0.1) is 0 Å². The van der Waals surface area contributed by atoms with Crippen LogP contribution in [0.4, 0.5) is 0 Å². The molecule has 0 bridgehead atoms. The molecule has 41 heavy (non-hydrogen) atoms. The van der Waals surface area contributed by atoms with E-state index in [0.717, 1.165) is 22.2 Å². The summed E-state index contributed by atoms with van der Waals surface area (Å²) in [5.41, 5.74) is 4.01. The molecule has 0 unspecified atom stereocenters. The molecule has 0 saturated carbocycles. The van der Waals surface area contributed by atoms with Crippen LogP contribution in [0.3, 0.4) is 0 Å². The fourth-order valence-electron chi connectivity index (χ4n) is 5.00. The van der Waals surface area contributed by atoms with Crippen LogP contribution in [0.15, 0.2) is 68.3 Å². The minimum atomic E-state index is -0.774. The highest BCUT2D eigenvalue weighted by molar-refractivity contribution is 7.07. The first-order chi connectivity index (χ1) is 19.5. The number of allylic oxidation sites excluding steroid dienone is 1. The van der Waals surface area contributed by atoms with E-state index in [1.54, 1.807) is 74.3 Å². The van der Waals surface area contributed by atoms with Crippen molar-refractivity contribution < 1.29 is 19.1 Å². The standard InChI is InChI=1S/C30H30N4O6S/c1-16(2)40-28(37)25-17(3)31-29-34(26(25)20-10-7-18(8-11-20)15-24(35)39-6)27(36)23(41-29)14-19-9-12-21-22(13-19)33(5)30(38)32(21)4/h7-14,16,26H,15H2,1-6H3/b23-14-/t26-/m0/s1. The summed E-state index contributed by atoms with van der Waals surface area (Å²) in [5, 5.41) is 0. The molecule has 5 rings (SSSR count). The minimum Gasteiger partial charge on any atom is -0.469 e. The maximum absolute atomic E-state index is 13.9. The molecule has 2 aromatic carbocycles. The third-order valence-corrected chi connectivity index (χ3v) is 8.03. The number of ether oxygens (including phenoxy) is 2. The molecule has 0 N–H and O–H groups in total. The molecule has 1 aliphatic heterocycles. The zero-order valence-electron chi connectivity index (χ0n) is 23.6. The monoisotopic (exact) mass is 574 g/mol. The topological polar surface area (TPSA) is 114 Å². The molecule has 0 fully saturated rings. The number of carbonyl (C=O) groups excluding carboxylic acids is 2. The van der Waals surface area contributed by atoms with Gasteiger partial charge in [0.05, 0.1) is 52.5 Å². The molecule has 0 saturated heterocycles. The maximum atomic E-state index is 13.9. The highest BCUT2D eigenvalue weighted by Crippen LogP contribution is 2.31. The molecule has 0 radical (unpaired) electrons. The third-order valence-electron chi connectivity index (χ3n) is 7.05. The molecule has 4 aromatic rings. The average molecular weight is 575 g/mol. The van der Waals surface area contributed by atoms with E-state index in [4.69, 9.17) is 9.47 Å². The number of methoxy groups -OCH3 is 1. The molecule has 3 heterocycles. The third kappa shape index (κ3) is 5.08. The lowest BCUT2D eigenvalue weighted by molar-refractivity contribution is -0.143. The zero-order chi connectivity index (χ0) is 29.6. The van der Waals surface area contributed by atoms with E-state index < -0.39 is 12.0 Å². The fraction of sp³-hybridized carbons (Fsp3) is 0.300. The first-order valence-corrected chi connectivity index (χ1v) is 13.9. The van der Waals surface area contributed by atoms with Gasteiger partial charge in [0.25, 0.3) is 5.56 Å². The molecule has 212 valence electrons. The first kappa shape index (κ1) is 28.0. The Balaban J connectivity index is 1.66. The summed E-state index contributed by atoms with van der Waals surface area (Å²) in [5.74, 6) is -0.911. The van der Waals surface area contributed by atoms with Crippen LogP contribution in [0.2, 0.25) is 0 Å². The number of aromatic nitrogens is 3. The van der Waals surface area contributed by atoms with Crippen LogP contribution in [0.1, 0.15) is 43.5 Å². The smallest absolute Gasteiger partial charge is 0.338 e. The van der Waals surface area contributed by atoms with Crippen LogP contribution in [0.5, 0.6) is 0 Å². The van der Waals surface area contributed by atoms with E-state index >= 15 is 0 Å². The Hall–Kier alpha value is -4.51. The van der Waals surface area contributed by atoms with Gasteiger partial charge in [-0.1, -0.05) is 41.7 Å². The lowest BCUT2D eigenvalue weighted by atomic mass is 9.94. The van der Waals surface area contributed by atoms with E-state index in [1.807, 2.05) is 18.2 Å². The Kier molecular flexibility index (Phi) is 7.39. The second-order valence-electron chi connectivity index (χ2n) is 10.2. The van der Waals surface area contributed by atoms with Crippen molar-refractivity contribution in [2.24, 2.45) is 19.1 Å². The van der Waals surface area contributed by atoms with Crippen molar-refractivity contribution in [2.75, 3.05) is 7.11 Å². The lowest BCUT2D eigenvalue weighted by Gasteiger charge is -2.25. The van der Waals surface area contributed by atoms with Gasteiger partial charge in [0, 0.05) is 14.1 Å². The Morgan fingerprint density at radius 3 is 2.39 bits per heavy atom. The van der Waals surface area contributed by atoms with E-state index in [2.05, 4.69) is 4.99 Å². The van der Waals surface area contributed by atoms with Crippen molar-refractivity contribution in [2.45, 2.75) is 39.3 Å². The number of esters is 2. The van der Waals surface area contributed by atoms with Gasteiger partial charge in [-0.25, -0.2) is 14.6 Å². The van der Waals surface area contributed by atoms with Crippen molar-refractivity contribution in [1.82, 2.24) is 13.7 Å².